The van der Waals surface area contributed by atoms with Crippen LogP contribution < -0.4 is 10.6 Å². The molecule has 0 aliphatic carbocycles. The number of benzene rings is 2. The first-order valence-corrected chi connectivity index (χ1v) is 8.66. The van der Waals surface area contributed by atoms with Crippen molar-refractivity contribution in [2.75, 3.05) is 10.6 Å². The van der Waals surface area contributed by atoms with Gasteiger partial charge < -0.3 is 19.8 Å². The predicted octanol–water partition coefficient (Wildman–Crippen LogP) is 4.21. The Balaban J connectivity index is 1.63. The van der Waals surface area contributed by atoms with Gasteiger partial charge in [0, 0.05) is 5.69 Å². The Morgan fingerprint density at radius 1 is 1.04 bits per heavy atom. The number of rotatable bonds is 7. The molecule has 1 atom stereocenters. The van der Waals surface area contributed by atoms with E-state index >= 15 is 0 Å². The van der Waals surface area contributed by atoms with E-state index in [1.165, 1.54) is 25.1 Å². The summed E-state index contributed by atoms with van der Waals surface area (Å²) in [4.78, 5) is 24.7. The number of anilines is 2. The second-order valence-electron chi connectivity index (χ2n) is 6.00. The molecular formula is C21H19FN2O4. The molecule has 7 heteroatoms. The van der Waals surface area contributed by atoms with Gasteiger partial charge in [-0.3, -0.25) is 4.79 Å². The van der Waals surface area contributed by atoms with Gasteiger partial charge in [-0.15, -0.1) is 0 Å². The average molecular weight is 382 g/mol. The topological polar surface area (TPSA) is 80.6 Å². The van der Waals surface area contributed by atoms with Crippen molar-refractivity contribution in [3.63, 3.8) is 0 Å². The van der Waals surface area contributed by atoms with Crippen LogP contribution in [0.15, 0.2) is 71.3 Å². The predicted molar refractivity (Wildman–Crippen MR) is 102 cm³/mol. The summed E-state index contributed by atoms with van der Waals surface area (Å²) in [7, 11) is 0. The van der Waals surface area contributed by atoms with E-state index in [2.05, 4.69) is 10.6 Å². The second-order valence-corrected chi connectivity index (χ2v) is 6.00. The standard InChI is InChI=1S/C21H19FN2O4/c1-14(20(25)24-19-11-5-3-9-17(19)22)28-21(26)16-8-2-4-10-18(16)23-13-15-7-6-12-27-15/h2-12,14,23H,13H2,1H3,(H,24,25)/t14-/m0/s1. The summed E-state index contributed by atoms with van der Waals surface area (Å²) in [5.41, 5.74) is 0.848. The van der Waals surface area contributed by atoms with Gasteiger partial charge in [0.1, 0.15) is 11.6 Å². The zero-order valence-corrected chi connectivity index (χ0v) is 15.1. The maximum atomic E-state index is 13.7. The maximum absolute atomic E-state index is 13.7. The van der Waals surface area contributed by atoms with Crippen LogP contribution in [-0.2, 0) is 16.1 Å². The highest BCUT2D eigenvalue weighted by atomic mass is 19.1. The molecule has 1 amide bonds. The summed E-state index contributed by atoms with van der Waals surface area (Å²) >= 11 is 0. The first kappa shape index (κ1) is 19.2. The molecule has 0 fully saturated rings. The minimum atomic E-state index is -1.11. The van der Waals surface area contributed by atoms with Crippen molar-refractivity contribution in [2.24, 2.45) is 0 Å². The van der Waals surface area contributed by atoms with E-state index < -0.39 is 23.8 Å². The Hall–Kier alpha value is -3.61. The monoisotopic (exact) mass is 382 g/mol. The molecular weight excluding hydrogens is 363 g/mol. The summed E-state index contributed by atoms with van der Waals surface area (Å²) in [6, 6.07) is 16.1. The highest BCUT2D eigenvalue weighted by Crippen LogP contribution is 2.19. The smallest absolute Gasteiger partial charge is 0.341 e. The van der Waals surface area contributed by atoms with Gasteiger partial charge in [0.2, 0.25) is 0 Å². The van der Waals surface area contributed by atoms with Crippen molar-refractivity contribution in [3.8, 4) is 0 Å². The van der Waals surface area contributed by atoms with E-state index in [4.69, 9.17) is 9.15 Å². The molecule has 2 aromatic carbocycles. The molecule has 0 bridgehead atoms. The van der Waals surface area contributed by atoms with Gasteiger partial charge >= 0.3 is 5.97 Å². The molecule has 1 aromatic heterocycles. The summed E-state index contributed by atoms with van der Waals surface area (Å²) in [5, 5.41) is 5.51. The number of carbonyl (C=O) groups is 2. The van der Waals surface area contributed by atoms with Crippen molar-refractivity contribution in [2.45, 2.75) is 19.6 Å². The van der Waals surface area contributed by atoms with Gasteiger partial charge in [-0.1, -0.05) is 24.3 Å². The molecule has 28 heavy (non-hydrogen) atoms. The number of hydrogen-bond acceptors (Lipinski definition) is 5. The molecule has 0 saturated carbocycles. The number of hydrogen-bond donors (Lipinski definition) is 2. The first-order valence-electron chi connectivity index (χ1n) is 8.66. The van der Waals surface area contributed by atoms with Crippen LogP contribution in [0.2, 0.25) is 0 Å². The minimum absolute atomic E-state index is 0.0240. The van der Waals surface area contributed by atoms with Crippen molar-refractivity contribution >= 4 is 23.3 Å². The van der Waals surface area contributed by atoms with E-state index in [9.17, 15) is 14.0 Å². The SMILES string of the molecule is C[C@H](OC(=O)c1ccccc1NCc1ccco1)C(=O)Nc1ccccc1F. The fourth-order valence-electron chi connectivity index (χ4n) is 2.49. The van der Waals surface area contributed by atoms with Crippen molar-refractivity contribution in [1.29, 1.82) is 0 Å². The lowest BCUT2D eigenvalue weighted by molar-refractivity contribution is -0.123. The fraction of sp³-hybridized carbons (Fsp3) is 0.143. The van der Waals surface area contributed by atoms with Crippen LogP contribution in [-0.4, -0.2) is 18.0 Å². The molecule has 2 N–H and O–H groups in total. The molecule has 0 radical (unpaired) electrons. The lowest BCUT2D eigenvalue weighted by Crippen LogP contribution is -2.30. The van der Waals surface area contributed by atoms with Crippen LogP contribution >= 0.6 is 0 Å². The number of esters is 1. The highest BCUT2D eigenvalue weighted by Gasteiger charge is 2.21. The van der Waals surface area contributed by atoms with Crippen LogP contribution in [0.1, 0.15) is 23.0 Å². The third-order valence-electron chi connectivity index (χ3n) is 3.96. The third kappa shape index (κ3) is 4.76. The number of carbonyl (C=O) groups excluding carboxylic acids is 2. The Labute approximate surface area is 161 Å². The maximum Gasteiger partial charge on any atom is 0.341 e. The third-order valence-corrected chi connectivity index (χ3v) is 3.96. The van der Waals surface area contributed by atoms with Crippen molar-refractivity contribution in [3.05, 3.63) is 84.1 Å². The van der Waals surface area contributed by atoms with Gasteiger partial charge in [-0.05, 0) is 43.3 Å². The normalized spacial score (nSPS) is 11.5. The number of ether oxygens (including phenoxy) is 1. The number of furan rings is 1. The molecule has 144 valence electrons. The van der Waals surface area contributed by atoms with Crippen LogP contribution in [0.25, 0.3) is 0 Å². The molecule has 0 spiro atoms. The average Bonchev–Trinajstić information content (AvgIpc) is 3.22. The van der Waals surface area contributed by atoms with Gasteiger partial charge in [0.15, 0.2) is 6.10 Å². The van der Waals surface area contributed by atoms with E-state index in [-0.39, 0.29) is 11.3 Å². The molecule has 0 aliphatic heterocycles. The van der Waals surface area contributed by atoms with Gasteiger partial charge in [-0.25, -0.2) is 9.18 Å². The minimum Gasteiger partial charge on any atom is -0.467 e. The van der Waals surface area contributed by atoms with Gasteiger partial charge in [0.05, 0.1) is 24.1 Å². The van der Waals surface area contributed by atoms with Crippen molar-refractivity contribution < 1.29 is 23.1 Å². The van der Waals surface area contributed by atoms with Gasteiger partial charge in [-0.2, -0.15) is 0 Å². The number of para-hydroxylation sites is 2. The number of halogens is 1. The van der Waals surface area contributed by atoms with E-state index in [1.807, 2.05) is 6.07 Å². The molecule has 1 heterocycles. The van der Waals surface area contributed by atoms with Crippen LogP contribution in [0, 0.1) is 5.82 Å². The molecule has 0 unspecified atom stereocenters. The quantitative estimate of drug-likeness (QED) is 0.598. The van der Waals surface area contributed by atoms with Crippen LogP contribution in [0.5, 0.6) is 0 Å². The summed E-state index contributed by atoms with van der Waals surface area (Å²) in [6.45, 7) is 1.81. The molecule has 3 rings (SSSR count). The summed E-state index contributed by atoms with van der Waals surface area (Å²) < 4.78 is 24.2. The Morgan fingerprint density at radius 2 is 1.75 bits per heavy atom. The van der Waals surface area contributed by atoms with Crippen LogP contribution in [0.4, 0.5) is 15.8 Å². The molecule has 0 saturated heterocycles. The lowest BCUT2D eigenvalue weighted by Gasteiger charge is -2.15. The van der Waals surface area contributed by atoms with E-state index in [0.717, 1.165) is 0 Å². The van der Waals surface area contributed by atoms with Crippen LogP contribution in [0.3, 0.4) is 0 Å². The molecule has 3 aromatic rings. The largest absolute Gasteiger partial charge is 0.467 e. The van der Waals surface area contributed by atoms with E-state index in [1.54, 1.807) is 42.7 Å². The van der Waals surface area contributed by atoms with E-state index in [0.29, 0.717) is 18.0 Å². The number of nitrogens with one attached hydrogen (secondary N) is 2. The zero-order chi connectivity index (χ0) is 19.9. The molecule has 6 nitrogen and oxygen atoms in total. The Morgan fingerprint density at radius 3 is 2.46 bits per heavy atom. The highest BCUT2D eigenvalue weighted by molar-refractivity contribution is 5.99. The second kappa shape index (κ2) is 8.85. The Bertz CT molecular complexity index is 957. The summed E-state index contributed by atoms with van der Waals surface area (Å²) in [6.07, 6.45) is 0.456. The summed E-state index contributed by atoms with van der Waals surface area (Å²) in [5.74, 6) is -1.15. The zero-order valence-electron chi connectivity index (χ0n) is 15.1. The lowest BCUT2D eigenvalue weighted by atomic mass is 10.1. The molecule has 0 aliphatic rings. The Kier molecular flexibility index (Phi) is 6.06. The fourth-order valence-corrected chi connectivity index (χ4v) is 2.49. The van der Waals surface area contributed by atoms with Gasteiger partial charge in [0.25, 0.3) is 5.91 Å². The number of amides is 1. The first-order chi connectivity index (χ1) is 13.5. The van der Waals surface area contributed by atoms with Crippen molar-refractivity contribution in [1.82, 2.24) is 0 Å².